The maximum atomic E-state index is 12.4. The molecule has 0 aliphatic heterocycles. The molecule has 0 unspecified atom stereocenters. The highest BCUT2D eigenvalue weighted by atomic mass is 32.1. The lowest BCUT2D eigenvalue weighted by Crippen LogP contribution is -2.13. The first-order chi connectivity index (χ1) is 16.0. The molecule has 8 nitrogen and oxygen atoms in total. The Morgan fingerprint density at radius 3 is 2.64 bits per heavy atom. The van der Waals surface area contributed by atoms with E-state index in [1.165, 1.54) is 11.7 Å². The van der Waals surface area contributed by atoms with E-state index in [9.17, 15) is 9.90 Å². The number of fused-ring (bicyclic) bond motifs is 1. The molecule has 2 heterocycles. The molecule has 1 N–H and O–H groups in total. The molecular formula is C24H26N4O4S. The summed E-state index contributed by atoms with van der Waals surface area (Å²) in [6.45, 7) is 2.39. The van der Waals surface area contributed by atoms with Gasteiger partial charge < -0.3 is 14.6 Å². The fourth-order valence-electron chi connectivity index (χ4n) is 3.92. The highest BCUT2D eigenvalue weighted by molar-refractivity contribution is 7.00. The number of aromatic carboxylic acids is 1. The summed E-state index contributed by atoms with van der Waals surface area (Å²) in [5.74, 6) is 0.300. The second-order valence-electron chi connectivity index (χ2n) is 7.78. The Balaban J connectivity index is 1.76. The molecule has 9 heteroatoms. The largest absolute Gasteiger partial charge is 0.497 e. The standard InChI is InChI=1S/C24H26N4O4S/c1-4-5-6-19-18(11-15-7-10-20-21(12-15)27-33-26-20)23(24(29)30)28(25-19)14-16-8-9-17(31-2)13-22(16)32-3/h7-10,12-13H,4-6,11,14H2,1-3H3,(H,29,30). The van der Waals surface area contributed by atoms with Gasteiger partial charge in [-0.2, -0.15) is 13.8 Å². The molecule has 2 aromatic heterocycles. The molecule has 0 saturated heterocycles. The third-order valence-electron chi connectivity index (χ3n) is 5.62. The monoisotopic (exact) mass is 466 g/mol. The molecule has 0 amide bonds. The van der Waals surface area contributed by atoms with Crippen molar-refractivity contribution < 1.29 is 19.4 Å². The summed E-state index contributed by atoms with van der Waals surface area (Å²) in [4.78, 5) is 12.4. The molecule has 4 aromatic rings. The van der Waals surface area contributed by atoms with E-state index in [1.807, 2.05) is 30.3 Å². The van der Waals surface area contributed by atoms with E-state index in [1.54, 1.807) is 25.0 Å². The van der Waals surface area contributed by atoms with E-state index in [-0.39, 0.29) is 12.2 Å². The molecule has 0 aliphatic rings. The van der Waals surface area contributed by atoms with E-state index < -0.39 is 5.97 Å². The second-order valence-corrected chi connectivity index (χ2v) is 8.31. The Morgan fingerprint density at radius 1 is 1.09 bits per heavy atom. The first-order valence-corrected chi connectivity index (χ1v) is 11.5. The minimum atomic E-state index is -0.996. The summed E-state index contributed by atoms with van der Waals surface area (Å²) in [6.07, 6.45) is 3.12. The van der Waals surface area contributed by atoms with Crippen molar-refractivity contribution in [2.75, 3.05) is 14.2 Å². The minimum Gasteiger partial charge on any atom is -0.497 e. The molecule has 2 aromatic carbocycles. The number of nitrogens with zero attached hydrogens (tertiary/aromatic N) is 4. The van der Waals surface area contributed by atoms with Gasteiger partial charge in [0.2, 0.25) is 0 Å². The van der Waals surface area contributed by atoms with Crippen molar-refractivity contribution in [1.82, 2.24) is 18.5 Å². The summed E-state index contributed by atoms with van der Waals surface area (Å²) in [6, 6.07) is 11.4. The number of benzene rings is 2. The number of rotatable bonds is 10. The third kappa shape index (κ3) is 4.83. The molecule has 0 aliphatic carbocycles. The van der Waals surface area contributed by atoms with Gasteiger partial charge in [0.25, 0.3) is 0 Å². The Kier molecular flexibility index (Phi) is 6.88. The van der Waals surface area contributed by atoms with Gasteiger partial charge >= 0.3 is 5.97 Å². The number of carbonyl (C=O) groups is 1. The van der Waals surface area contributed by atoms with Gasteiger partial charge in [0.15, 0.2) is 0 Å². The van der Waals surface area contributed by atoms with E-state index in [0.29, 0.717) is 17.9 Å². The van der Waals surface area contributed by atoms with Crippen LogP contribution in [0.5, 0.6) is 11.5 Å². The Bertz CT molecular complexity index is 1280. The number of hydrogen-bond donors (Lipinski definition) is 1. The fourth-order valence-corrected chi connectivity index (χ4v) is 4.44. The van der Waals surface area contributed by atoms with Crippen LogP contribution in [0.15, 0.2) is 36.4 Å². The fraction of sp³-hybridized carbons (Fsp3) is 0.333. The average molecular weight is 467 g/mol. The number of carboxylic acid groups (broad SMARTS) is 1. The quantitative estimate of drug-likeness (QED) is 0.365. The maximum Gasteiger partial charge on any atom is 0.354 e. The normalized spacial score (nSPS) is 11.1. The first kappa shape index (κ1) is 22.7. The van der Waals surface area contributed by atoms with Crippen molar-refractivity contribution in [2.24, 2.45) is 0 Å². The van der Waals surface area contributed by atoms with Gasteiger partial charge in [0.1, 0.15) is 28.2 Å². The van der Waals surface area contributed by atoms with Gasteiger partial charge in [0.05, 0.1) is 38.2 Å². The molecule has 0 saturated carbocycles. The molecule has 0 radical (unpaired) electrons. The molecule has 172 valence electrons. The van der Waals surface area contributed by atoms with Gasteiger partial charge in [-0.15, -0.1) is 0 Å². The number of aromatic nitrogens is 4. The Morgan fingerprint density at radius 2 is 1.91 bits per heavy atom. The van der Waals surface area contributed by atoms with Crippen molar-refractivity contribution >= 4 is 28.7 Å². The summed E-state index contributed by atoms with van der Waals surface area (Å²) < 4.78 is 20.9. The Labute approximate surface area is 196 Å². The summed E-state index contributed by atoms with van der Waals surface area (Å²) in [5, 5.41) is 14.9. The molecule has 33 heavy (non-hydrogen) atoms. The topological polar surface area (TPSA) is 99.4 Å². The summed E-state index contributed by atoms with van der Waals surface area (Å²) in [5.41, 5.74) is 5.24. The van der Waals surface area contributed by atoms with Gasteiger partial charge in [-0.3, -0.25) is 4.68 Å². The Hall–Kier alpha value is -3.46. The molecule has 0 spiro atoms. The van der Waals surface area contributed by atoms with E-state index in [4.69, 9.17) is 14.6 Å². The van der Waals surface area contributed by atoms with Gasteiger partial charge in [-0.1, -0.05) is 19.4 Å². The number of unbranched alkanes of at least 4 members (excludes halogenated alkanes) is 1. The number of aryl methyl sites for hydroxylation is 1. The summed E-state index contributed by atoms with van der Waals surface area (Å²) >= 11 is 1.17. The zero-order valence-electron chi connectivity index (χ0n) is 18.9. The lowest BCUT2D eigenvalue weighted by molar-refractivity contribution is 0.0682. The van der Waals surface area contributed by atoms with Crippen LogP contribution in [0.4, 0.5) is 0 Å². The number of hydrogen-bond acceptors (Lipinski definition) is 7. The van der Waals surface area contributed by atoms with Crippen LogP contribution >= 0.6 is 11.7 Å². The van der Waals surface area contributed by atoms with Crippen LogP contribution in [0.1, 0.15) is 52.6 Å². The number of carboxylic acids is 1. The van der Waals surface area contributed by atoms with Crippen molar-refractivity contribution in [3.8, 4) is 11.5 Å². The smallest absolute Gasteiger partial charge is 0.354 e. The molecule has 0 atom stereocenters. The first-order valence-electron chi connectivity index (χ1n) is 10.8. The van der Waals surface area contributed by atoms with Crippen molar-refractivity contribution in [1.29, 1.82) is 0 Å². The zero-order valence-corrected chi connectivity index (χ0v) is 19.7. The minimum absolute atomic E-state index is 0.204. The van der Waals surface area contributed by atoms with Crippen LogP contribution in [0.2, 0.25) is 0 Å². The average Bonchev–Trinajstić information content (AvgIpc) is 3.42. The van der Waals surface area contributed by atoms with Crippen LogP contribution in [0.3, 0.4) is 0 Å². The van der Waals surface area contributed by atoms with Crippen LogP contribution in [0, 0.1) is 0 Å². The summed E-state index contributed by atoms with van der Waals surface area (Å²) in [7, 11) is 3.18. The lowest BCUT2D eigenvalue weighted by Gasteiger charge is -2.12. The van der Waals surface area contributed by atoms with Crippen LogP contribution < -0.4 is 9.47 Å². The molecule has 0 fully saturated rings. The molecule has 0 bridgehead atoms. The number of methoxy groups -OCH3 is 2. The van der Waals surface area contributed by atoms with Crippen molar-refractivity contribution in [3.05, 3.63) is 64.5 Å². The van der Waals surface area contributed by atoms with Crippen molar-refractivity contribution in [2.45, 2.75) is 39.2 Å². The van der Waals surface area contributed by atoms with E-state index in [2.05, 4.69) is 15.7 Å². The highest BCUT2D eigenvalue weighted by Crippen LogP contribution is 2.28. The van der Waals surface area contributed by atoms with Gasteiger partial charge in [-0.25, -0.2) is 4.79 Å². The predicted octanol–water partition coefficient (Wildman–Crippen LogP) is 4.58. The van der Waals surface area contributed by atoms with Crippen LogP contribution in [-0.4, -0.2) is 43.8 Å². The highest BCUT2D eigenvalue weighted by Gasteiger charge is 2.24. The van der Waals surface area contributed by atoms with Crippen LogP contribution in [0.25, 0.3) is 11.0 Å². The lowest BCUT2D eigenvalue weighted by atomic mass is 9.99. The van der Waals surface area contributed by atoms with Crippen LogP contribution in [-0.2, 0) is 19.4 Å². The second kappa shape index (κ2) is 9.99. The van der Waals surface area contributed by atoms with E-state index in [0.717, 1.165) is 52.7 Å². The SMILES string of the molecule is CCCCc1nn(Cc2ccc(OC)cc2OC)c(C(=O)O)c1Cc1ccc2nsnc2c1. The number of ether oxygens (including phenoxy) is 2. The maximum absolute atomic E-state index is 12.4. The zero-order chi connectivity index (χ0) is 23.4. The van der Waals surface area contributed by atoms with Crippen molar-refractivity contribution in [3.63, 3.8) is 0 Å². The molecular weight excluding hydrogens is 440 g/mol. The van der Waals surface area contributed by atoms with Gasteiger partial charge in [-0.05, 0) is 42.7 Å². The molecule has 4 rings (SSSR count). The predicted molar refractivity (Wildman–Crippen MR) is 127 cm³/mol. The van der Waals surface area contributed by atoms with Gasteiger partial charge in [0, 0.05) is 23.6 Å². The third-order valence-corrected chi connectivity index (χ3v) is 6.17. The van der Waals surface area contributed by atoms with E-state index >= 15 is 0 Å².